The Morgan fingerprint density at radius 2 is 1.80 bits per heavy atom. The quantitative estimate of drug-likeness (QED) is 0.847. The lowest BCUT2D eigenvalue weighted by Crippen LogP contribution is -2.19. The topological polar surface area (TPSA) is 64.7 Å². The summed E-state index contributed by atoms with van der Waals surface area (Å²) in [6.45, 7) is 0.294. The van der Waals surface area contributed by atoms with Crippen molar-refractivity contribution in [3.8, 4) is 11.5 Å². The van der Waals surface area contributed by atoms with Crippen LogP contribution in [0.1, 0.15) is 17.2 Å². The molecule has 20 heavy (non-hydrogen) atoms. The summed E-state index contributed by atoms with van der Waals surface area (Å²) in [5.41, 5.74) is 7.52. The van der Waals surface area contributed by atoms with Crippen molar-refractivity contribution in [2.24, 2.45) is 5.73 Å². The third-order valence-electron chi connectivity index (χ3n) is 3.11. The van der Waals surface area contributed by atoms with Gasteiger partial charge < -0.3 is 20.3 Å². The van der Waals surface area contributed by atoms with E-state index in [4.69, 9.17) is 15.2 Å². The van der Waals surface area contributed by atoms with Crippen molar-refractivity contribution in [2.45, 2.75) is 12.7 Å². The zero-order valence-electron chi connectivity index (χ0n) is 11.5. The Morgan fingerprint density at radius 3 is 2.40 bits per heavy atom. The van der Waals surface area contributed by atoms with Gasteiger partial charge in [-0.05, 0) is 23.8 Å². The van der Waals surface area contributed by atoms with Gasteiger partial charge in [-0.2, -0.15) is 0 Å². The van der Waals surface area contributed by atoms with Gasteiger partial charge in [0.25, 0.3) is 0 Å². The molecule has 0 saturated carbocycles. The molecule has 4 nitrogen and oxygen atoms in total. The Morgan fingerprint density at radius 1 is 1.10 bits per heavy atom. The maximum Gasteiger partial charge on any atom is 0.136 e. The van der Waals surface area contributed by atoms with Crippen LogP contribution >= 0.6 is 0 Å². The van der Waals surface area contributed by atoms with E-state index in [1.165, 1.54) is 0 Å². The van der Waals surface area contributed by atoms with Gasteiger partial charge >= 0.3 is 0 Å². The molecule has 0 bridgehead atoms. The Balaban J connectivity index is 2.19. The van der Waals surface area contributed by atoms with Crippen molar-refractivity contribution in [3.05, 3.63) is 59.7 Å². The van der Waals surface area contributed by atoms with E-state index >= 15 is 0 Å². The predicted octanol–water partition coefficient (Wildman–Crippen LogP) is 2.27. The van der Waals surface area contributed by atoms with Crippen LogP contribution < -0.4 is 15.2 Å². The van der Waals surface area contributed by atoms with E-state index in [1.807, 2.05) is 48.5 Å². The second-order valence-corrected chi connectivity index (χ2v) is 4.38. The monoisotopic (exact) mass is 273 g/mol. The molecule has 2 rings (SSSR count). The average molecular weight is 273 g/mol. The number of rotatable bonds is 6. The van der Waals surface area contributed by atoms with Gasteiger partial charge in [-0.1, -0.05) is 30.3 Å². The molecular formula is C16H19NO3. The highest BCUT2D eigenvalue weighted by Crippen LogP contribution is 2.26. The van der Waals surface area contributed by atoms with Crippen LogP contribution in [-0.2, 0) is 6.61 Å². The fourth-order valence-electron chi connectivity index (χ4n) is 1.97. The SMILES string of the molecule is COc1ccc(C(CN)Oc2ccccc2CO)cc1. The van der Waals surface area contributed by atoms with Crippen molar-refractivity contribution >= 4 is 0 Å². The number of ether oxygens (including phenoxy) is 2. The average Bonchev–Trinajstić information content (AvgIpc) is 2.53. The lowest BCUT2D eigenvalue weighted by Gasteiger charge is -2.19. The molecule has 2 aromatic rings. The fraction of sp³-hybridized carbons (Fsp3) is 0.250. The smallest absolute Gasteiger partial charge is 0.136 e. The third-order valence-corrected chi connectivity index (χ3v) is 3.11. The largest absolute Gasteiger partial charge is 0.497 e. The summed E-state index contributed by atoms with van der Waals surface area (Å²) in [6.07, 6.45) is -0.256. The lowest BCUT2D eigenvalue weighted by molar-refractivity contribution is 0.203. The van der Waals surface area contributed by atoms with E-state index in [2.05, 4.69) is 0 Å². The summed E-state index contributed by atoms with van der Waals surface area (Å²) in [4.78, 5) is 0. The first-order valence-corrected chi connectivity index (χ1v) is 6.48. The predicted molar refractivity (Wildman–Crippen MR) is 77.8 cm³/mol. The molecular weight excluding hydrogens is 254 g/mol. The van der Waals surface area contributed by atoms with Crippen LogP contribution in [-0.4, -0.2) is 18.8 Å². The summed E-state index contributed by atoms with van der Waals surface area (Å²) in [5.74, 6) is 1.45. The fourth-order valence-corrected chi connectivity index (χ4v) is 1.97. The number of aliphatic hydroxyl groups is 1. The van der Waals surface area contributed by atoms with E-state index < -0.39 is 0 Å². The molecule has 0 spiro atoms. The molecule has 3 N–H and O–H groups in total. The van der Waals surface area contributed by atoms with Gasteiger partial charge in [0.2, 0.25) is 0 Å². The maximum absolute atomic E-state index is 9.32. The molecule has 0 aliphatic carbocycles. The molecule has 106 valence electrons. The molecule has 0 saturated heterocycles. The van der Waals surface area contributed by atoms with Crippen molar-refractivity contribution in [1.29, 1.82) is 0 Å². The summed E-state index contributed by atoms with van der Waals surface area (Å²) >= 11 is 0. The zero-order chi connectivity index (χ0) is 14.4. The minimum Gasteiger partial charge on any atom is -0.497 e. The molecule has 0 aliphatic rings. The highest BCUT2D eigenvalue weighted by Gasteiger charge is 2.13. The van der Waals surface area contributed by atoms with E-state index in [9.17, 15) is 5.11 Å². The molecule has 1 atom stereocenters. The number of benzene rings is 2. The first kappa shape index (κ1) is 14.4. The number of para-hydroxylation sites is 1. The van der Waals surface area contributed by atoms with Gasteiger partial charge in [-0.25, -0.2) is 0 Å². The minimum absolute atomic E-state index is 0.0594. The summed E-state index contributed by atoms with van der Waals surface area (Å²) < 4.78 is 11.1. The number of hydrogen-bond acceptors (Lipinski definition) is 4. The highest BCUT2D eigenvalue weighted by molar-refractivity contribution is 5.34. The Kier molecular flexibility index (Phi) is 4.98. The molecule has 0 radical (unpaired) electrons. The van der Waals surface area contributed by atoms with Gasteiger partial charge in [0, 0.05) is 12.1 Å². The van der Waals surface area contributed by atoms with Crippen LogP contribution in [0.25, 0.3) is 0 Å². The standard InChI is InChI=1S/C16H19NO3/c1-19-14-8-6-12(7-9-14)16(10-17)20-15-5-3-2-4-13(15)11-18/h2-9,16,18H,10-11,17H2,1H3. The van der Waals surface area contributed by atoms with Crippen molar-refractivity contribution in [3.63, 3.8) is 0 Å². The van der Waals surface area contributed by atoms with Crippen LogP contribution in [0, 0.1) is 0 Å². The summed E-state index contributed by atoms with van der Waals surface area (Å²) in [7, 11) is 1.63. The van der Waals surface area contributed by atoms with Crippen LogP contribution in [0.15, 0.2) is 48.5 Å². The van der Waals surface area contributed by atoms with E-state index in [0.717, 1.165) is 16.9 Å². The molecule has 4 heteroatoms. The summed E-state index contributed by atoms with van der Waals surface area (Å²) in [5, 5.41) is 9.32. The summed E-state index contributed by atoms with van der Waals surface area (Å²) in [6, 6.07) is 15.0. The number of methoxy groups -OCH3 is 1. The van der Waals surface area contributed by atoms with Gasteiger partial charge in [0.05, 0.1) is 13.7 Å². The molecule has 0 fully saturated rings. The molecule has 1 unspecified atom stereocenters. The van der Waals surface area contributed by atoms with Crippen LogP contribution in [0.4, 0.5) is 0 Å². The first-order chi connectivity index (χ1) is 9.78. The molecule has 2 aromatic carbocycles. The number of nitrogens with two attached hydrogens (primary N) is 1. The molecule has 0 heterocycles. The van der Waals surface area contributed by atoms with Crippen LogP contribution in [0.5, 0.6) is 11.5 Å². The molecule has 0 aromatic heterocycles. The number of aliphatic hydroxyl groups excluding tert-OH is 1. The highest BCUT2D eigenvalue weighted by atomic mass is 16.5. The van der Waals surface area contributed by atoms with Crippen molar-refractivity contribution in [2.75, 3.05) is 13.7 Å². The van der Waals surface area contributed by atoms with Gasteiger partial charge in [0.15, 0.2) is 0 Å². The third kappa shape index (κ3) is 3.29. The van der Waals surface area contributed by atoms with Crippen LogP contribution in [0.3, 0.4) is 0 Å². The molecule has 0 aliphatic heterocycles. The van der Waals surface area contributed by atoms with E-state index in [-0.39, 0.29) is 12.7 Å². The lowest BCUT2D eigenvalue weighted by atomic mass is 10.1. The maximum atomic E-state index is 9.32. The zero-order valence-corrected chi connectivity index (χ0v) is 11.5. The van der Waals surface area contributed by atoms with E-state index in [0.29, 0.717) is 12.3 Å². The van der Waals surface area contributed by atoms with E-state index in [1.54, 1.807) is 7.11 Å². The van der Waals surface area contributed by atoms with Crippen molar-refractivity contribution in [1.82, 2.24) is 0 Å². The van der Waals surface area contributed by atoms with Gasteiger partial charge in [0.1, 0.15) is 17.6 Å². The normalized spacial score (nSPS) is 11.9. The Labute approximate surface area is 118 Å². The minimum atomic E-state index is -0.256. The number of hydrogen-bond donors (Lipinski definition) is 2. The Hall–Kier alpha value is -2.04. The Bertz CT molecular complexity index is 540. The van der Waals surface area contributed by atoms with Gasteiger partial charge in [-0.3, -0.25) is 0 Å². The van der Waals surface area contributed by atoms with Crippen molar-refractivity contribution < 1.29 is 14.6 Å². The van der Waals surface area contributed by atoms with Crippen LogP contribution in [0.2, 0.25) is 0 Å². The van der Waals surface area contributed by atoms with Gasteiger partial charge in [-0.15, -0.1) is 0 Å². The second-order valence-electron chi connectivity index (χ2n) is 4.38. The molecule has 0 amide bonds. The first-order valence-electron chi connectivity index (χ1n) is 6.48. The second kappa shape index (κ2) is 6.93.